The maximum Gasteiger partial charge on any atom is 0.341 e. The van der Waals surface area contributed by atoms with E-state index in [9.17, 15) is 9.59 Å². The highest BCUT2D eigenvalue weighted by molar-refractivity contribution is 7.98. The van der Waals surface area contributed by atoms with Crippen molar-refractivity contribution in [1.82, 2.24) is 14.5 Å². The van der Waals surface area contributed by atoms with Crippen molar-refractivity contribution in [2.75, 3.05) is 6.26 Å². The van der Waals surface area contributed by atoms with Gasteiger partial charge in [-0.25, -0.2) is 14.8 Å². The van der Waals surface area contributed by atoms with Gasteiger partial charge >= 0.3 is 5.97 Å². The molecule has 0 saturated carbocycles. The van der Waals surface area contributed by atoms with Crippen molar-refractivity contribution < 1.29 is 9.90 Å². The van der Waals surface area contributed by atoms with Crippen LogP contribution in [0.1, 0.15) is 17.3 Å². The van der Waals surface area contributed by atoms with Crippen LogP contribution in [0.2, 0.25) is 0 Å². The maximum absolute atomic E-state index is 12.0. The minimum absolute atomic E-state index is 0.231. The number of hydrogen-bond acceptors (Lipinski definition) is 5. The first-order valence-corrected chi connectivity index (χ1v) is 6.48. The van der Waals surface area contributed by atoms with E-state index in [0.717, 1.165) is 0 Å². The third-order valence-corrected chi connectivity index (χ3v) is 3.11. The number of carbonyl (C=O) groups is 1. The third-order valence-electron chi connectivity index (χ3n) is 2.55. The van der Waals surface area contributed by atoms with E-state index in [1.54, 1.807) is 4.57 Å². The molecule has 0 fully saturated rings. The number of nitrogens with zero attached hydrogens (tertiary/aromatic N) is 3. The minimum Gasteiger partial charge on any atom is -0.477 e. The molecule has 2 heterocycles. The van der Waals surface area contributed by atoms with Crippen molar-refractivity contribution in [3.63, 3.8) is 0 Å². The van der Waals surface area contributed by atoms with Gasteiger partial charge in [0.15, 0.2) is 5.16 Å². The second-order valence-corrected chi connectivity index (χ2v) is 4.33. The van der Waals surface area contributed by atoms with E-state index in [-0.39, 0.29) is 10.9 Å². The number of pyridine rings is 1. The van der Waals surface area contributed by atoms with Gasteiger partial charge < -0.3 is 9.67 Å². The Balaban J connectivity index is 2.88. The number of carboxylic acid groups (broad SMARTS) is 1. The molecule has 0 radical (unpaired) electrons. The zero-order chi connectivity index (χ0) is 13.3. The Kier molecular flexibility index (Phi) is 3.33. The normalized spacial score (nSPS) is 10.8. The number of rotatable bonds is 3. The first-order chi connectivity index (χ1) is 8.58. The smallest absolute Gasteiger partial charge is 0.341 e. The minimum atomic E-state index is -1.24. The van der Waals surface area contributed by atoms with Gasteiger partial charge in [0.05, 0.1) is 5.39 Å². The number of thioether (sulfide) groups is 1. The zero-order valence-corrected chi connectivity index (χ0v) is 10.7. The number of aryl methyl sites for hydroxylation is 1. The highest BCUT2D eigenvalue weighted by atomic mass is 32.2. The van der Waals surface area contributed by atoms with Gasteiger partial charge in [0.1, 0.15) is 11.2 Å². The molecule has 7 heteroatoms. The fourth-order valence-corrected chi connectivity index (χ4v) is 1.98. The van der Waals surface area contributed by atoms with E-state index in [1.165, 1.54) is 24.2 Å². The summed E-state index contributed by atoms with van der Waals surface area (Å²) in [6.45, 7) is 2.39. The van der Waals surface area contributed by atoms with E-state index in [0.29, 0.717) is 17.3 Å². The maximum atomic E-state index is 12.0. The topological polar surface area (TPSA) is 85.1 Å². The summed E-state index contributed by atoms with van der Waals surface area (Å²) in [4.78, 5) is 31.2. The number of hydrogen-bond donors (Lipinski definition) is 1. The van der Waals surface area contributed by atoms with E-state index in [4.69, 9.17) is 5.11 Å². The van der Waals surface area contributed by atoms with Crippen LogP contribution in [0.25, 0.3) is 11.0 Å². The van der Waals surface area contributed by atoms with Crippen molar-refractivity contribution in [3.8, 4) is 0 Å². The lowest BCUT2D eigenvalue weighted by molar-refractivity contribution is 0.0695. The molecule has 0 spiro atoms. The summed E-state index contributed by atoms with van der Waals surface area (Å²) < 4.78 is 1.64. The van der Waals surface area contributed by atoms with Gasteiger partial charge in [-0.05, 0) is 13.2 Å². The molecule has 0 aromatic carbocycles. The first-order valence-electron chi connectivity index (χ1n) is 5.26. The highest BCUT2D eigenvalue weighted by Gasteiger charge is 2.15. The van der Waals surface area contributed by atoms with Crippen molar-refractivity contribution in [1.29, 1.82) is 0 Å². The molecule has 18 heavy (non-hydrogen) atoms. The largest absolute Gasteiger partial charge is 0.477 e. The highest BCUT2D eigenvalue weighted by Crippen LogP contribution is 2.14. The molecule has 1 N–H and O–H groups in total. The molecule has 2 aromatic rings. The first kappa shape index (κ1) is 12.6. The predicted octanol–water partition coefficient (Wildman–Crippen LogP) is 1.23. The van der Waals surface area contributed by atoms with Gasteiger partial charge in [-0.15, -0.1) is 0 Å². The van der Waals surface area contributed by atoms with Crippen molar-refractivity contribution >= 4 is 28.8 Å². The van der Waals surface area contributed by atoms with Crippen LogP contribution >= 0.6 is 11.8 Å². The summed E-state index contributed by atoms with van der Waals surface area (Å²) in [5.41, 5.74) is -0.341. The van der Waals surface area contributed by atoms with Crippen LogP contribution in [0.4, 0.5) is 0 Å². The fraction of sp³-hybridized carbons (Fsp3) is 0.273. The van der Waals surface area contributed by atoms with Gasteiger partial charge in [0.25, 0.3) is 0 Å². The summed E-state index contributed by atoms with van der Waals surface area (Å²) in [5, 5.41) is 9.77. The van der Waals surface area contributed by atoms with Crippen molar-refractivity contribution in [3.05, 3.63) is 28.2 Å². The molecule has 0 atom stereocenters. The number of aromatic nitrogens is 3. The van der Waals surface area contributed by atoms with Crippen LogP contribution < -0.4 is 5.43 Å². The number of carboxylic acids is 1. The van der Waals surface area contributed by atoms with Crippen LogP contribution in [-0.2, 0) is 6.54 Å². The Hall–Kier alpha value is -1.89. The fourth-order valence-electron chi connectivity index (χ4n) is 1.65. The lowest BCUT2D eigenvalue weighted by Gasteiger charge is -2.09. The molecule has 6 nitrogen and oxygen atoms in total. The second kappa shape index (κ2) is 4.77. The second-order valence-electron chi connectivity index (χ2n) is 3.56. The molecule has 0 aliphatic carbocycles. The van der Waals surface area contributed by atoms with E-state index >= 15 is 0 Å². The SMILES string of the molecule is CCn1cc(C(=O)O)c(=O)c2cnc(SC)nc21. The Morgan fingerprint density at radius 1 is 1.56 bits per heavy atom. The average Bonchev–Trinajstić information content (AvgIpc) is 2.38. The summed E-state index contributed by atoms with van der Waals surface area (Å²) in [5.74, 6) is -1.24. The van der Waals surface area contributed by atoms with Crippen molar-refractivity contribution in [2.45, 2.75) is 18.6 Å². The van der Waals surface area contributed by atoms with Crippen molar-refractivity contribution in [2.24, 2.45) is 0 Å². The van der Waals surface area contributed by atoms with Gasteiger partial charge in [-0.3, -0.25) is 4.79 Å². The molecule has 0 bridgehead atoms. The molecular weight excluding hydrogens is 254 g/mol. The van der Waals surface area contributed by atoms with Crippen LogP contribution in [0.3, 0.4) is 0 Å². The third kappa shape index (κ3) is 1.97. The van der Waals surface area contributed by atoms with Gasteiger partial charge in [-0.1, -0.05) is 11.8 Å². The molecule has 0 aliphatic heterocycles. The van der Waals surface area contributed by atoms with Gasteiger partial charge in [-0.2, -0.15) is 0 Å². The molecule has 2 rings (SSSR count). The summed E-state index contributed by atoms with van der Waals surface area (Å²) >= 11 is 1.37. The standard InChI is InChI=1S/C11H11N3O3S/c1-3-14-5-7(10(16)17)8(15)6-4-12-11(18-2)13-9(6)14/h4-5H,3H2,1-2H3,(H,16,17). The summed E-state index contributed by atoms with van der Waals surface area (Å²) in [6, 6.07) is 0. The molecule has 2 aromatic heterocycles. The van der Waals surface area contributed by atoms with E-state index in [1.807, 2.05) is 13.2 Å². The van der Waals surface area contributed by atoms with Crippen LogP contribution in [0.5, 0.6) is 0 Å². The summed E-state index contributed by atoms with van der Waals surface area (Å²) in [6.07, 6.45) is 4.54. The van der Waals surface area contributed by atoms with Crippen LogP contribution in [0.15, 0.2) is 22.3 Å². The van der Waals surface area contributed by atoms with E-state index in [2.05, 4.69) is 9.97 Å². The van der Waals surface area contributed by atoms with Crippen LogP contribution in [-0.4, -0.2) is 31.9 Å². The monoisotopic (exact) mass is 265 g/mol. The average molecular weight is 265 g/mol. The number of aromatic carboxylic acids is 1. The van der Waals surface area contributed by atoms with Gasteiger partial charge in [0, 0.05) is 18.9 Å². The zero-order valence-electron chi connectivity index (χ0n) is 9.88. The van der Waals surface area contributed by atoms with Crippen LogP contribution in [0, 0.1) is 0 Å². The molecule has 94 valence electrons. The van der Waals surface area contributed by atoms with E-state index < -0.39 is 11.4 Å². The molecule has 0 saturated heterocycles. The lowest BCUT2D eigenvalue weighted by atomic mass is 10.2. The Morgan fingerprint density at radius 3 is 2.83 bits per heavy atom. The summed E-state index contributed by atoms with van der Waals surface area (Å²) in [7, 11) is 0. The van der Waals surface area contributed by atoms with Gasteiger partial charge in [0.2, 0.25) is 5.43 Å². The Bertz CT molecular complexity index is 681. The Labute approximate surface area is 107 Å². The Morgan fingerprint density at radius 2 is 2.28 bits per heavy atom. The lowest BCUT2D eigenvalue weighted by Crippen LogP contribution is -2.19. The predicted molar refractivity (Wildman–Crippen MR) is 68.2 cm³/mol. The quantitative estimate of drug-likeness (QED) is 0.663. The number of fused-ring (bicyclic) bond motifs is 1. The molecule has 0 aliphatic rings. The molecule has 0 unspecified atom stereocenters. The molecule has 0 amide bonds. The molecular formula is C11H11N3O3S.